The Morgan fingerprint density at radius 1 is 1.06 bits per heavy atom. The van der Waals surface area contributed by atoms with E-state index in [1.807, 2.05) is 0 Å². The number of hydrogen-bond donors (Lipinski definition) is 1. The highest BCUT2D eigenvalue weighted by atomic mass is 15.2. The van der Waals surface area contributed by atoms with Crippen LogP contribution in [0.5, 0.6) is 0 Å². The standard InChI is InChI=1S/C15H30N2/c1-15(2,3)14(16-4)11-17(9-12-5-6-12)10-13-7-8-13/h12-14,16H,5-11H2,1-4H3. The minimum atomic E-state index is 0.361. The first-order valence-corrected chi connectivity index (χ1v) is 7.38. The van der Waals surface area contributed by atoms with E-state index in [2.05, 4.69) is 38.0 Å². The molecule has 2 aliphatic carbocycles. The summed E-state index contributed by atoms with van der Waals surface area (Å²) in [5.74, 6) is 2.04. The van der Waals surface area contributed by atoms with E-state index >= 15 is 0 Å². The van der Waals surface area contributed by atoms with Gasteiger partial charge in [-0.2, -0.15) is 0 Å². The largest absolute Gasteiger partial charge is 0.315 e. The Labute approximate surface area is 107 Å². The predicted molar refractivity (Wildman–Crippen MR) is 74.2 cm³/mol. The summed E-state index contributed by atoms with van der Waals surface area (Å²) < 4.78 is 0. The van der Waals surface area contributed by atoms with Crippen molar-refractivity contribution in [3.8, 4) is 0 Å². The van der Waals surface area contributed by atoms with Gasteiger partial charge in [0.2, 0.25) is 0 Å². The molecule has 0 bridgehead atoms. The molecule has 1 atom stereocenters. The lowest BCUT2D eigenvalue weighted by Gasteiger charge is -2.35. The molecule has 0 amide bonds. The van der Waals surface area contributed by atoms with Crippen LogP contribution >= 0.6 is 0 Å². The Morgan fingerprint density at radius 3 is 1.82 bits per heavy atom. The molecule has 2 rings (SSSR count). The molecule has 2 saturated carbocycles. The average Bonchev–Trinajstić information content (AvgIpc) is 3.06. The van der Waals surface area contributed by atoms with Gasteiger partial charge in [-0.05, 0) is 50.0 Å². The highest BCUT2D eigenvalue weighted by Gasteiger charge is 2.32. The molecule has 2 fully saturated rings. The SMILES string of the molecule is CNC(CN(CC1CC1)CC1CC1)C(C)(C)C. The fourth-order valence-electron chi connectivity index (χ4n) is 2.61. The van der Waals surface area contributed by atoms with E-state index in [4.69, 9.17) is 0 Å². The molecule has 0 spiro atoms. The van der Waals surface area contributed by atoms with Gasteiger partial charge in [0, 0.05) is 25.7 Å². The van der Waals surface area contributed by atoms with Gasteiger partial charge in [0.25, 0.3) is 0 Å². The maximum absolute atomic E-state index is 3.52. The van der Waals surface area contributed by atoms with E-state index in [0.717, 1.165) is 11.8 Å². The zero-order valence-corrected chi connectivity index (χ0v) is 12.1. The summed E-state index contributed by atoms with van der Waals surface area (Å²) >= 11 is 0. The Kier molecular flexibility index (Phi) is 4.14. The third-order valence-corrected chi connectivity index (χ3v) is 4.26. The minimum absolute atomic E-state index is 0.361. The molecule has 0 aromatic carbocycles. The molecule has 0 aromatic heterocycles. The van der Waals surface area contributed by atoms with E-state index < -0.39 is 0 Å². The quantitative estimate of drug-likeness (QED) is 0.733. The van der Waals surface area contributed by atoms with Gasteiger partial charge in [-0.15, -0.1) is 0 Å². The molecule has 0 aliphatic heterocycles. The monoisotopic (exact) mass is 238 g/mol. The summed E-state index contributed by atoms with van der Waals surface area (Å²) in [6.07, 6.45) is 5.89. The summed E-state index contributed by atoms with van der Waals surface area (Å²) in [6.45, 7) is 11.0. The first-order chi connectivity index (χ1) is 7.99. The average molecular weight is 238 g/mol. The van der Waals surface area contributed by atoms with Crippen molar-refractivity contribution < 1.29 is 0 Å². The van der Waals surface area contributed by atoms with Crippen molar-refractivity contribution in [3.05, 3.63) is 0 Å². The minimum Gasteiger partial charge on any atom is -0.315 e. The molecule has 2 nitrogen and oxygen atoms in total. The van der Waals surface area contributed by atoms with Crippen LogP contribution in [-0.4, -0.2) is 37.6 Å². The van der Waals surface area contributed by atoms with Crippen LogP contribution in [0.25, 0.3) is 0 Å². The third-order valence-electron chi connectivity index (χ3n) is 4.26. The second-order valence-electron chi connectivity index (χ2n) is 7.31. The fourth-order valence-corrected chi connectivity index (χ4v) is 2.61. The Bertz CT molecular complexity index is 222. The molecule has 0 heterocycles. The molecular formula is C15H30N2. The van der Waals surface area contributed by atoms with Crippen molar-refractivity contribution in [2.45, 2.75) is 52.5 Å². The van der Waals surface area contributed by atoms with Crippen molar-refractivity contribution in [2.24, 2.45) is 17.3 Å². The summed E-state index contributed by atoms with van der Waals surface area (Å²) in [6, 6.07) is 0.611. The Balaban J connectivity index is 1.84. The second-order valence-corrected chi connectivity index (χ2v) is 7.31. The van der Waals surface area contributed by atoms with Crippen LogP contribution in [0.4, 0.5) is 0 Å². The number of nitrogens with one attached hydrogen (secondary N) is 1. The maximum Gasteiger partial charge on any atom is 0.0240 e. The number of nitrogens with zero attached hydrogens (tertiary/aromatic N) is 1. The molecule has 1 unspecified atom stereocenters. The fraction of sp³-hybridized carbons (Fsp3) is 1.00. The van der Waals surface area contributed by atoms with E-state index in [-0.39, 0.29) is 0 Å². The van der Waals surface area contributed by atoms with E-state index in [1.165, 1.54) is 45.3 Å². The van der Waals surface area contributed by atoms with Gasteiger partial charge in [-0.25, -0.2) is 0 Å². The van der Waals surface area contributed by atoms with E-state index in [0.29, 0.717) is 11.5 Å². The topological polar surface area (TPSA) is 15.3 Å². The van der Waals surface area contributed by atoms with Gasteiger partial charge in [-0.1, -0.05) is 20.8 Å². The van der Waals surface area contributed by atoms with Crippen molar-refractivity contribution in [3.63, 3.8) is 0 Å². The number of rotatable bonds is 7. The first kappa shape index (κ1) is 13.4. The molecule has 0 aromatic rings. The maximum atomic E-state index is 3.52. The van der Waals surface area contributed by atoms with Crippen molar-refractivity contribution >= 4 is 0 Å². The van der Waals surface area contributed by atoms with Gasteiger partial charge >= 0.3 is 0 Å². The summed E-state index contributed by atoms with van der Waals surface area (Å²) in [5, 5.41) is 3.52. The number of hydrogen-bond acceptors (Lipinski definition) is 2. The van der Waals surface area contributed by atoms with Crippen LogP contribution < -0.4 is 5.32 Å². The van der Waals surface area contributed by atoms with Crippen LogP contribution in [-0.2, 0) is 0 Å². The zero-order valence-electron chi connectivity index (χ0n) is 12.1. The highest BCUT2D eigenvalue weighted by molar-refractivity contribution is 4.87. The zero-order chi connectivity index (χ0) is 12.5. The normalized spacial score (nSPS) is 23.1. The first-order valence-electron chi connectivity index (χ1n) is 7.38. The predicted octanol–water partition coefficient (Wildman–Crippen LogP) is 2.74. The Morgan fingerprint density at radius 2 is 1.53 bits per heavy atom. The van der Waals surface area contributed by atoms with Crippen LogP contribution in [0.2, 0.25) is 0 Å². The van der Waals surface area contributed by atoms with E-state index in [9.17, 15) is 0 Å². The molecule has 2 heteroatoms. The van der Waals surface area contributed by atoms with E-state index in [1.54, 1.807) is 0 Å². The van der Waals surface area contributed by atoms with Gasteiger partial charge in [-0.3, -0.25) is 0 Å². The summed E-state index contributed by atoms with van der Waals surface area (Å²) in [7, 11) is 2.11. The molecular weight excluding hydrogens is 208 g/mol. The van der Waals surface area contributed by atoms with Gasteiger partial charge in [0.15, 0.2) is 0 Å². The lowest BCUT2D eigenvalue weighted by molar-refractivity contribution is 0.169. The lowest BCUT2D eigenvalue weighted by atomic mass is 9.86. The van der Waals surface area contributed by atoms with Crippen molar-refractivity contribution in [1.82, 2.24) is 10.2 Å². The molecule has 0 radical (unpaired) electrons. The third kappa shape index (κ3) is 4.59. The van der Waals surface area contributed by atoms with Crippen molar-refractivity contribution in [2.75, 3.05) is 26.7 Å². The smallest absolute Gasteiger partial charge is 0.0240 e. The highest BCUT2D eigenvalue weighted by Crippen LogP contribution is 2.34. The molecule has 1 N–H and O–H groups in total. The lowest BCUT2D eigenvalue weighted by Crippen LogP contribution is -2.48. The van der Waals surface area contributed by atoms with Gasteiger partial charge < -0.3 is 10.2 Å². The van der Waals surface area contributed by atoms with Crippen LogP contribution in [0.3, 0.4) is 0 Å². The molecule has 2 aliphatic rings. The molecule has 100 valence electrons. The number of likely N-dealkylation sites (N-methyl/N-ethyl adjacent to an activating group) is 1. The Hall–Kier alpha value is -0.0800. The second kappa shape index (κ2) is 5.27. The molecule has 0 saturated heterocycles. The van der Waals surface area contributed by atoms with Gasteiger partial charge in [0.05, 0.1) is 0 Å². The van der Waals surface area contributed by atoms with Crippen LogP contribution in [0.1, 0.15) is 46.5 Å². The van der Waals surface area contributed by atoms with Crippen LogP contribution in [0.15, 0.2) is 0 Å². The summed E-state index contributed by atoms with van der Waals surface area (Å²) in [4.78, 5) is 2.74. The van der Waals surface area contributed by atoms with Crippen molar-refractivity contribution in [1.29, 1.82) is 0 Å². The van der Waals surface area contributed by atoms with Crippen LogP contribution in [0, 0.1) is 17.3 Å². The molecule has 17 heavy (non-hydrogen) atoms. The van der Waals surface area contributed by atoms with Gasteiger partial charge in [0.1, 0.15) is 0 Å². The summed E-state index contributed by atoms with van der Waals surface area (Å²) in [5.41, 5.74) is 0.361.